The van der Waals surface area contributed by atoms with Crippen LogP contribution in [0.4, 0.5) is 0 Å². The predicted molar refractivity (Wildman–Crippen MR) is 180 cm³/mol. The summed E-state index contributed by atoms with van der Waals surface area (Å²) in [6.45, 7) is 0. The van der Waals surface area contributed by atoms with E-state index in [1.165, 1.54) is 54.8 Å². The number of hydrogen-bond donors (Lipinski definition) is 0. The minimum absolute atomic E-state index is 0.934. The monoisotopic (exact) mass is 547 g/mol. The van der Waals surface area contributed by atoms with Crippen LogP contribution in [-0.2, 0) is 0 Å². The Balaban J connectivity index is 1.31. The fraction of sp³-hybridized carbons (Fsp3) is 0. The van der Waals surface area contributed by atoms with Gasteiger partial charge in [0.1, 0.15) is 0 Å². The van der Waals surface area contributed by atoms with E-state index in [1.807, 2.05) is 0 Å². The van der Waals surface area contributed by atoms with E-state index >= 15 is 0 Å². The van der Waals surface area contributed by atoms with E-state index < -0.39 is 0 Å². The van der Waals surface area contributed by atoms with Crippen molar-refractivity contribution in [2.45, 2.75) is 0 Å². The van der Waals surface area contributed by atoms with Crippen molar-refractivity contribution in [1.29, 1.82) is 0 Å². The smallest absolute Gasteiger partial charge is 0.0972 e. The summed E-state index contributed by atoms with van der Waals surface area (Å²) in [5.74, 6) is 0. The largest absolute Gasteiger partial charge is 0.309 e. The summed E-state index contributed by atoms with van der Waals surface area (Å²) < 4.78 is 2.42. The molecule has 0 radical (unpaired) electrons. The van der Waals surface area contributed by atoms with Gasteiger partial charge in [-0.15, -0.1) is 0 Å². The number of nitrogens with zero attached hydrogens (tertiary/aromatic N) is 3. The third-order valence-electron chi connectivity index (χ3n) is 8.67. The van der Waals surface area contributed by atoms with Crippen LogP contribution in [0.1, 0.15) is 0 Å². The molecule has 43 heavy (non-hydrogen) atoms. The molecule has 0 aliphatic carbocycles. The molecule has 9 aromatic rings. The Kier molecular flexibility index (Phi) is 5.20. The van der Waals surface area contributed by atoms with E-state index in [-0.39, 0.29) is 0 Å². The highest BCUT2D eigenvalue weighted by Gasteiger charge is 2.19. The number of fused-ring (bicyclic) bond motifs is 10. The maximum absolute atomic E-state index is 4.82. The van der Waals surface area contributed by atoms with Gasteiger partial charge in [-0.25, -0.2) is 0 Å². The van der Waals surface area contributed by atoms with Crippen molar-refractivity contribution in [3.8, 4) is 27.9 Å². The molecule has 0 saturated carbocycles. The molecule has 0 bridgehead atoms. The highest BCUT2D eigenvalue weighted by atomic mass is 15.0. The number of benzene rings is 7. The third-order valence-corrected chi connectivity index (χ3v) is 8.67. The first-order valence-corrected chi connectivity index (χ1v) is 14.6. The summed E-state index contributed by atoms with van der Waals surface area (Å²) in [5.41, 5.74) is 10.2. The zero-order valence-corrected chi connectivity index (χ0v) is 23.3. The summed E-state index contributed by atoms with van der Waals surface area (Å²) in [5, 5.41) is 7.11. The number of rotatable bonds is 3. The molecule has 0 aliphatic rings. The average Bonchev–Trinajstić information content (AvgIpc) is 3.43. The molecule has 2 aromatic heterocycles. The molecular weight excluding hydrogens is 522 g/mol. The lowest BCUT2D eigenvalue weighted by Crippen LogP contribution is -1.96. The first-order valence-electron chi connectivity index (χ1n) is 14.6. The second-order valence-corrected chi connectivity index (χ2v) is 11.0. The SMILES string of the molecule is c1ccc(-c2cccc(-c3ccc(-n4c5ccccc5c5ccc6c7nccnc7c7ccccc7c6c54)cc3)c2)cc1. The van der Waals surface area contributed by atoms with E-state index in [0.29, 0.717) is 0 Å². The molecule has 2 heterocycles. The van der Waals surface area contributed by atoms with Crippen molar-refractivity contribution in [3.63, 3.8) is 0 Å². The van der Waals surface area contributed by atoms with Crippen LogP contribution >= 0.6 is 0 Å². The van der Waals surface area contributed by atoms with Gasteiger partial charge < -0.3 is 4.57 Å². The molecule has 200 valence electrons. The summed E-state index contributed by atoms with van der Waals surface area (Å²) in [4.78, 5) is 9.58. The first kappa shape index (κ1) is 23.9. The molecule has 0 N–H and O–H groups in total. The standard InChI is InChI=1S/C40H25N3/c1-2-9-26(10-3-1)28-11-8-12-29(25-28)27-17-19-30(20-18-27)43-36-16-7-6-13-31(36)34-21-22-35-37(40(34)43)32-14-4-5-15-33(32)38-39(35)42-24-23-41-38/h1-25H. The molecule has 9 rings (SSSR count). The van der Waals surface area contributed by atoms with Gasteiger partial charge in [-0.2, -0.15) is 0 Å². The minimum atomic E-state index is 0.934. The van der Waals surface area contributed by atoms with E-state index in [2.05, 4.69) is 144 Å². The highest BCUT2D eigenvalue weighted by Crippen LogP contribution is 2.42. The van der Waals surface area contributed by atoms with Crippen molar-refractivity contribution in [2.75, 3.05) is 0 Å². The molecular formula is C40H25N3. The molecule has 0 saturated heterocycles. The summed E-state index contributed by atoms with van der Waals surface area (Å²) in [7, 11) is 0. The van der Waals surface area contributed by atoms with Gasteiger partial charge >= 0.3 is 0 Å². The molecule has 0 fully saturated rings. The fourth-order valence-electron chi connectivity index (χ4n) is 6.75. The van der Waals surface area contributed by atoms with Gasteiger partial charge in [0.25, 0.3) is 0 Å². The second kappa shape index (κ2) is 9.37. The van der Waals surface area contributed by atoms with Crippen LogP contribution in [0.5, 0.6) is 0 Å². The van der Waals surface area contributed by atoms with Crippen molar-refractivity contribution >= 4 is 54.4 Å². The van der Waals surface area contributed by atoms with Gasteiger partial charge in [0.2, 0.25) is 0 Å². The fourth-order valence-corrected chi connectivity index (χ4v) is 6.75. The van der Waals surface area contributed by atoms with Gasteiger partial charge in [0.15, 0.2) is 0 Å². The van der Waals surface area contributed by atoms with E-state index in [0.717, 1.165) is 27.5 Å². The number of aromatic nitrogens is 3. The van der Waals surface area contributed by atoms with Crippen molar-refractivity contribution in [2.24, 2.45) is 0 Å². The number of hydrogen-bond acceptors (Lipinski definition) is 2. The van der Waals surface area contributed by atoms with Crippen molar-refractivity contribution in [3.05, 3.63) is 152 Å². The van der Waals surface area contributed by atoms with Crippen LogP contribution in [0.3, 0.4) is 0 Å². The van der Waals surface area contributed by atoms with E-state index in [9.17, 15) is 0 Å². The van der Waals surface area contributed by atoms with Crippen LogP contribution < -0.4 is 0 Å². The maximum Gasteiger partial charge on any atom is 0.0972 e. The topological polar surface area (TPSA) is 30.7 Å². The summed E-state index contributed by atoms with van der Waals surface area (Å²) in [6, 6.07) is 50.1. The summed E-state index contributed by atoms with van der Waals surface area (Å²) in [6.07, 6.45) is 3.58. The molecule has 0 aliphatic heterocycles. The molecule has 7 aromatic carbocycles. The molecule has 0 atom stereocenters. The van der Waals surface area contributed by atoms with Crippen LogP contribution in [0.25, 0.3) is 82.3 Å². The maximum atomic E-state index is 4.82. The summed E-state index contributed by atoms with van der Waals surface area (Å²) >= 11 is 0. The Morgan fingerprint density at radius 3 is 1.74 bits per heavy atom. The Hall–Kier alpha value is -5.80. The van der Waals surface area contributed by atoms with Gasteiger partial charge in [-0.05, 0) is 51.9 Å². The van der Waals surface area contributed by atoms with Crippen LogP contribution in [-0.4, -0.2) is 14.5 Å². The van der Waals surface area contributed by atoms with E-state index in [1.54, 1.807) is 12.4 Å². The van der Waals surface area contributed by atoms with Crippen LogP contribution in [0.2, 0.25) is 0 Å². The quantitative estimate of drug-likeness (QED) is 0.206. The van der Waals surface area contributed by atoms with Crippen LogP contribution in [0, 0.1) is 0 Å². The van der Waals surface area contributed by atoms with Gasteiger partial charge in [-0.3, -0.25) is 9.97 Å². The predicted octanol–water partition coefficient (Wildman–Crippen LogP) is 10.4. The molecule has 3 nitrogen and oxygen atoms in total. The lowest BCUT2D eigenvalue weighted by molar-refractivity contribution is 1.19. The third kappa shape index (κ3) is 3.62. The zero-order valence-electron chi connectivity index (χ0n) is 23.3. The molecule has 0 unspecified atom stereocenters. The van der Waals surface area contributed by atoms with Gasteiger partial charge in [0.05, 0.1) is 22.1 Å². The Morgan fingerprint density at radius 2 is 0.977 bits per heavy atom. The van der Waals surface area contributed by atoms with Gasteiger partial charge in [0, 0.05) is 45.0 Å². The highest BCUT2D eigenvalue weighted by molar-refractivity contribution is 6.32. The Labute approximate surface area is 248 Å². The lowest BCUT2D eigenvalue weighted by atomic mass is 9.97. The molecule has 3 heteroatoms. The average molecular weight is 548 g/mol. The first-order chi connectivity index (χ1) is 21.3. The zero-order chi connectivity index (χ0) is 28.3. The van der Waals surface area contributed by atoms with Crippen molar-refractivity contribution < 1.29 is 0 Å². The van der Waals surface area contributed by atoms with Crippen LogP contribution in [0.15, 0.2) is 152 Å². The van der Waals surface area contributed by atoms with E-state index in [4.69, 9.17) is 9.97 Å². The van der Waals surface area contributed by atoms with Crippen molar-refractivity contribution in [1.82, 2.24) is 14.5 Å². The molecule has 0 amide bonds. The van der Waals surface area contributed by atoms with Gasteiger partial charge in [-0.1, -0.05) is 115 Å². The number of para-hydroxylation sites is 1. The Morgan fingerprint density at radius 1 is 0.395 bits per heavy atom. The lowest BCUT2D eigenvalue weighted by Gasteiger charge is -2.14. The molecule has 0 spiro atoms. The Bertz CT molecular complexity index is 2450. The second-order valence-electron chi connectivity index (χ2n) is 11.0. The normalized spacial score (nSPS) is 11.7. The minimum Gasteiger partial charge on any atom is -0.309 e.